The van der Waals surface area contributed by atoms with Gasteiger partial charge in [0, 0.05) is 12.1 Å². The molecular weight excluding hydrogens is 206 g/mol. The fourth-order valence-corrected chi connectivity index (χ4v) is 1.22. The summed E-state index contributed by atoms with van der Waals surface area (Å²) in [6.07, 6.45) is 0. The summed E-state index contributed by atoms with van der Waals surface area (Å²) in [5.74, 6) is -0.845. The molecule has 16 heavy (non-hydrogen) atoms. The van der Waals surface area contributed by atoms with E-state index in [0.717, 1.165) is 0 Å². The average Bonchev–Trinajstić information content (AvgIpc) is 2.35. The first-order valence-electron chi connectivity index (χ1n) is 5.06. The van der Waals surface area contributed by atoms with Gasteiger partial charge in [-0.15, -0.1) is 0 Å². The molecule has 0 spiro atoms. The van der Waals surface area contributed by atoms with E-state index >= 15 is 0 Å². The molecule has 1 N–H and O–H groups in total. The Labute approximate surface area is 94.6 Å². The lowest BCUT2D eigenvalue weighted by Gasteiger charge is -2.10. The Balaban J connectivity index is 2.45. The molecule has 1 rings (SSSR count). The Bertz CT molecular complexity index is 362. The highest BCUT2D eigenvalue weighted by molar-refractivity contribution is 5.94. The maximum absolute atomic E-state index is 11.6. The van der Waals surface area contributed by atoms with Gasteiger partial charge in [-0.1, -0.05) is 25.1 Å². The van der Waals surface area contributed by atoms with Crippen LogP contribution < -0.4 is 5.32 Å². The predicted octanol–water partition coefficient (Wildman–Crippen LogP) is 1.23. The number of carbonyl (C=O) groups is 2. The molecule has 86 valence electrons. The summed E-state index contributed by atoms with van der Waals surface area (Å²) < 4.78 is 4.56. The SMILES string of the molecule is COC(=O)C(C)CNC(=O)c1ccccc1. The minimum absolute atomic E-state index is 0.184. The molecule has 0 aliphatic carbocycles. The van der Waals surface area contributed by atoms with Crippen molar-refractivity contribution >= 4 is 11.9 Å². The molecule has 0 aliphatic rings. The lowest BCUT2D eigenvalue weighted by molar-refractivity contribution is -0.144. The molecular formula is C12H15NO3. The molecule has 1 aromatic rings. The molecule has 1 amide bonds. The number of rotatable bonds is 4. The maximum atomic E-state index is 11.6. The van der Waals surface area contributed by atoms with Crippen LogP contribution in [0, 0.1) is 5.92 Å². The van der Waals surface area contributed by atoms with E-state index in [-0.39, 0.29) is 24.3 Å². The van der Waals surface area contributed by atoms with Gasteiger partial charge in [0.05, 0.1) is 13.0 Å². The summed E-state index contributed by atoms with van der Waals surface area (Å²) in [4.78, 5) is 22.7. The van der Waals surface area contributed by atoms with Gasteiger partial charge in [-0.3, -0.25) is 9.59 Å². The van der Waals surface area contributed by atoms with Crippen molar-refractivity contribution in [1.82, 2.24) is 5.32 Å². The Kier molecular flexibility index (Phi) is 4.51. The lowest BCUT2D eigenvalue weighted by atomic mass is 10.1. The number of amides is 1. The number of ether oxygens (including phenoxy) is 1. The predicted molar refractivity (Wildman–Crippen MR) is 60.0 cm³/mol. The first-order chi connectivity index (χ1) is 7.65. The van der Waals surface area contributed by atoms with Crippen LogP contribution in [-0.2, 0) is 9.53 Å². The van der Waals surface area contributed by atoms with Gasteiger partial charge in [-0.05, 0) is 12.1 Å². The highest BCUT2D eigenvalue weighted by atomic mass is 16.5. The smallest absolute Gasteiger partial charge is 0.310 e. The third-order valence-corrected chi connectivity index (χ3v) is 2.21. The normalized spacial score (nSPS) is 11.6. The van der Waals surface area contributed by atoms with E-state index in [0.29, 0.717) is 5.56 Å². The molecule has 4 heteroatoms. The van der Waals surface area contributed by atoms with Crippen molar-refractivity contribution in [3.63, 3.8) is 0 Å². The second-order valence-corrected chi connectivity index (χ2v) is 3.50. The second kappa shape index (κ2) is 5.90. The quantitative estimate of drug-likeness (QED) is 0.778. The van der Waals surface area contributed by atoms with Crippen molar-refractivity contribution in [3.8, 4) is 0 Å². The Morgan fingerprint density at radius 1 is 1.31 bits per heavy atom. The van der Waals surface area contributed by atoms with E-state index in [1.807, 2.05) is 6.07 Å². The third kappa shape index (κ3) is 3.38. The van der Waals surface area contributed by atoms with Crippen LogP contribution in [0.25, 0.3) is 0 Å². The number of esters is 1. The van der Waals surface area contributed by atoms with Crippen LogP contribution in [0.15, 0.2) is 30.3 Å². The van der Waals surface area contributed by atoms with Gasteiger partial charge in [-0.2, -0.15) is 0 Å². The van der Waals surface area contributed by atoms with Crippen molar-refractivity contribution in [2.45, 2.75) is 6.92 Å². The third-order valence-electron chi connectivity index (χ3n) is 2.21. The summed E-state index contributed by atoms with van der Waals surface area (Å²) >= 11 is 0. The highest BCUT2D eigenvalue weighted by Crippen LogP contribution is 2.00. The van der Waals surface area contributed by atoms with Crippen molar-refractivity contribution in [3.05, 3.63) is 35.9 Å². The summed E-state index contributed by atoms with van der Waals surface area (Å²) in [5.41, 5.74) is 0.583. The van der Waals surface area contributed by atoms with Crippen LogP contribution >= 0.6 is 0 Å². The number of nitrogens with one attached hydrogen (secondary N) is 1. The van der Waals surface area contributed by atoms with Crippen LogP contribution in [0.2, 0.25) is 0 Å². The molecule has 0 saturated carbocycles. The molecule has 0 fully saturated rings. The van der Waals surface area contributed by atoms with Crippen molar-refractivity contribution in [2.24, 2.45) is 5.92 Å². The zero-order valence-corrected chi connectivity index (χ0v) is 9.40. The summed E-state index contributed by atoms with van der Waals surface area (Å²) in [6, 6.07) is 8.86. The number of methoxy groups -OCH3 is 1. The van der Waals surface area contributed by atoms with Gasteiger partial charge in [0.15, 0.2) is 0 Å². The van der Waals surface area contributed by atoms with Crippen LogP contribution in [0.4, 0.5) is 0 Å². The standard InChI is InChI=1S/C12H15NO3/c1-9(12(15)16-2)8-13-11(14)10-6-4-3-5-7-10/h3-7,9H,8H2,1-2H3,(H,13,14). The first-order valence-corrected chi connectivity index (χ1v) is 5.06. The molecule has 4 nitrogen and oxygen atoms in total. The van der Waals surface area contributed by atoms with E-state index < -0.39 is 0 Å². The van der Waals surface area contributed by atoms with Crippen LogP contribution in [0.5, 0.6) is 0 Å². The molecule has 0 aromatic heterocycles. The molecule has 1 unspecified atom stereocenters. The molecule has 0 radical (unpaired) electrons. The lowest BCUT2D eigenvalue weighted by Crippen LogP contribution is -2.32. The Morgan fingerprint density at radius 2 is 1.94 bits per heavy atom. The molecule has 0 aliphatic heterocycles. The topological polar surface area (TPSA) is 55.4 Å². The first kappa shape index (κ1) is 12.2. The highest BCUT2D eigenvalue weighted by Gasteiger charge is 2.14. The Morgan fingerprint density at radius 3 is 2.50 bits per heavy atom. The van der Waals surface area contributed by atoms with Gasteiger partial charge in [0.2, 0.25) is 0 Å². The molecule has 0 saturated heterocycles. The number of hydrogen-bond acceptors (Lipinski definition) is 3. The van der Waals surface area contributed by atoms with Gasteiger partial charge in [-0.25, -0.2) is 0 Å². The molecule has 1 aromatic carbocycles. The van der Waals surface area contributed by atoms with E-state index in [1.54, 1.807) is 31.2 Å². The largest absolute Gasteiger partial charge is 0.469 e. The van der Waals surface area contributed by atoms with Crippen LogP contribution in [-0.4, -0.2) is 25.5 Å². The average molecular weight is 221 g/mol. The van der Waals surface area contributed by atoms with E-state index in [2.05, 4.69) is 10.1 Å². The minimum atomic E-state index is -0.335. The fraction of sp³-hybridized carbons (Fsp3) is 0.333. The van der Waals surface area contributed by atoms with Crippen molar-refractivity contribution in [2.75, 3.05) is 13.7 Å². The summed E-state index contributed by atoms with van der Waals surface area (Å²) in [7, 11) is 1.33. The minimum Gasteiger partial charge on any atom is -0.469 e. The molecule has 1 atom stereocenters. The van der Waals surface area contributed by atoms with E-state index in [4.69, 9.17) is 0 Å². The number of hydrogen-bond donors (Lipinski definition) is 1. The zero-order valence-electron chi connectivity index (χ0n) is 9.40. The molecule has 0 heterocycles. The van der Waals surface area contributed by atoms with Gasteiger partial charge < -0.3 is 10.1 Å². The van der Waals surface area contributed by atoms with Crippen molar-refractivity contribution in [1.29, 1.82) is 0 Å². The number of benzene rings is 1. The summed E-state index contributed by atoms with van der Waals surface area (Å²) in [6.45, 7) is 1.98. The Hall–Kier alpha value is -1.84. The second-order valence-electron chi connectivity index (χ2n) is 3.50. The maximum Gasteiger partial charge on any atom is 0.310 e. The van der Waals surface area contributed by atoms with Crippen molar-refractivity contribution < 1.29 is 14.3 Å². The van der Waals surface area contributed by atoms with E-state index in [1.165, 1.54) is 7.11 Å². The van der Waals surface area contributed by atoms with Crippen LogP contribution in [0.3, 0.4) is 0 Å². The zero-order chi connectivity index (χ0) is 12.0. The monoisotopic (exact) mass is 221 g/mol. The van der Waals surface area contributed by atoms with Gasteiger partial charge in [0.1, 0.15) is 0 Å². The van der Waals surface area contributed by atoms with Crippen LogP contribution in [0.1, 0.15) is 17.3 Å². The number of carbonyl (C=O) groups excluding carboxylic acids is 2. The van der Waals surface area contributed by atoms with Gasteiger partial charge in [0.25, 0.3) is 5.91 Å². The van der Waals surface area contributed by atoms with Gasteiger partial charge >= 0.3 is 5.97 Å². The molecule has 0 bridgehead atoms. The van der Waals surface area contributed by atoms with E-state index in [9.17, 15) is 9.59 Å². The fourth-order valence-electron chi connectivity index (χ4n) is 1.22. The summed E-state index contributed by atoms with van der Waals surface area (Å²) in [5, 5.41) is 2.67.